The zero-order valence-corrected chi connectivity index (χ0v) is 13.2. The second-order valence-corrected chi connectivity index (χ2v) is 5.55. The molecule has 1 fully saturated rings. The van der Waals surface area contributed by atoms with E-state index in [1.165, 1.54) is 13.8 Å². The van der Waals surface area contributed by atoms with Gasteiger partial charge in [0.05, 0.1) is 0 Å². The number of amides is 3. The molecular weight excluding hydrogens is 298 g/mol. The molecule has 1 aromatic rings. The predicted octanol–water partition coefficient (Wildman–Crippen LogP) is 1.41. The maximum Gasteiger partial charge on any atom is 0.329 e. The number of carbonyl (C=O) groups is 3. The van der Waals surface area contributed by atoms with Crippen molar-refractivity contribution >= 4 is 23.6 Å². The molecule has 23 heavy (non-hydrogen) atoms. The fraction of sp³-hybridized carbons (Fsp3) is 0.438. The van der Waals surface area contributed by atoms with Crippen molar-refractivity contribution in [3.63, 3.8) is 0 Å². The summed E-state index contributed by atoms with van der Waals surface area (Å²) in [6, 6.07) is 7.68. The average molecular weight is 319 g/mol. The molecule has 3 N–H and O–H groups in total. The summed E-state index contributed by atoms with van der Waals surface area (Å²) in [6.07, 6.45) is 1.04. The highest BCUT2D eigenvalue weighted by Gasteiger charge is 2.28. The number of rotatable bonds is 6. The number of benzene rings is 1. The Kier molecular flexibility index (Phi) is 5.56. The van der Waals surface area contributed by atoms with E-state index in [-0.39, 0.29) is 11.9 Å². The zero-order chi connectivity index (χ0) is 16.8. The van der Waals surface area contributed by atoms with Crippen LogP contribution in [0.15, 0.2) is 30.3 Å². The smallest absolute Gasteiger partial charge is 0.329 e. The van der Waals surface area contributed by atoms with Crippen LogP contribution in [0.2, 0.25) is 0 Å². The van der Waals surface area contributed by atoms with Gasteiger partial charge in [0.15, 0.2) is 6.10 Å². The van der Waals surface area contributed by atoms with E-state index in [2.05, 4.69) is 16.0 Å². The predicted molar refractivity (Wildman–Crippen MR) is 84.8 cm³/mol. The van der Waals surface area contributed by atoms with Crippen LogP contribution in [0.1, 0.15) is 26.7 Å². The SMILES string of the molecule is C[C@H](NC(=O)Nc1ccccc1)C(=O)O[C@@H](C)C(=O)NC1CC1. The van der Waals surface area contributed by atoms with Crippen LogP contribution in [0.25, 0.3) is 0 Å². The van der Waals surface area contributed by atoms with Gasteiger partial charge in [-0.1, -0.05) is 18.2 Å². The quantitative estimate of drug-likeness (QED) is 0.691. The molecule has 2 atom stereocenters. The van der Waals surface area contributed by atoms with Gasteiger partial charge in [0, 0.05) is 11.7 Å². The number of nitrogens with one attached hydrogen (secondary N) is 3. The Hall–Kier alpha value is -2.57. The lowest BCUT2D eigenvalue weighted by molar-refractivity contribution is -0.156. The number of ether oxygens (including phenoxy) is 1. The van der Waals surface area contributed by atoms with Crippen LogP contribution in [0.3, 0.4) is 0 Å². The van der Waals surface area contributed by atoms with Crippen molar-refractivity contribution in [2.45, 2.75) is 44.9 Å². The standard InChI is InChI=1S/C16H21N3O4/c1-10(17-16(22)19-12-6-4-3-5-7-12)15(21)23-11(2)14(20)18-13-8-9-13/h3-7,10-11,13H,8-9H2,1-2H3,(H,18,20)(H2,17,19,22)/t10-,11-/m0/s1. The first-order chi connectivity index (χ1) is 11.0. The molecule has 0 unspecified atom stereocenters. The second-order valence-electron chi connectivity index (χ2n) is 5.55. The van der Waals surface area contributed by atoms with Crippen molar-refractivity contribution < 1.29 is 19.1 Å². The van der Waals surface area contributed by atoms with Crippen LogP contribution in [0, 0.1) is 0 Å². The fourth-order valence-corrected chi connectivity index (χ4v) is 1.82. The molecule has 0 radical (unpaired) electrons. The van der Waals surface area contributed by atoms with E-state index >= 15 is 0 Å². The van der Waals surface area contributed by atoms with Gasteiger partial charge < -0.3 is 20.7 Å². The lowest BCUT2D eigenvalue weighted by atomic mass is 10.3. The monoisotopic (exact) mass is 319 g/mol. The van der Waals surface area contributed by atoms with Crippen LogP contribution in [0.4, 0.5) is 10.5 Å². The summed E-state index contributed by atoms with van der Waals surface area (Å²) in [4.78, 5) is 35.4. The van der Waals surface area contributed by atoms with Gasteiger partial charge in [-0.25, -0.2) is 9.59 Å². The molecule has 3 amide bonds. The van der Waals surface area contributed by atoms with Gasteiger partial charge in [0.1, 0.15) is 6.04 Å². The molecule has 0 saturated heterocycles. The highest BCUT2D eigenvalue weighted by atomic mass is 16.5. The zero-order valence-electron chi connectivity index (χ0n) is 13.2. The van der Waals surface area contributed by atoms with Crippen molar-refractivity contribution in [2.75, 3.05) is 5.32 Å². The maximum absolute atomic E-state index is 11.9. The summed E-state index contributed by atoms with van der Waals surface area (Å²) in [7, 11) is 0. The Labute approximate surface area is 134 Å². The molecule has 0 aromatic heterocycles. The molecular formula is C16H21N3O4. The molecule has 1 aromatic carbocycles. The highest BCUT2D eigenvalue weighted by Crippen LogP contribution is 2.18. The normalized spacial score (nSPS) is 15.9. The van der Waals surface area contributed by atoms with E-state index in [9.17, 15) is 14.4 Å². The average Bonchev–Trinajstić information content (AvgIpc) is 3.31. The topological polar surface area (TPSA) is 96.5 Å². The largest absolute Gasteiger partial charge is 0.451 e. The van der Waals surface area contributed by atoms with E-state index in [0.717, 1.165) is 12.8 Å². The Morgan fingerprint density at radius 3 is 2.39 bits per heavy atom. The van der Waals surface area contributed by atoms with Crippen molar-refractivity contribution in [1.29, 1.82) is 0 Å². The molecule has 1 saturated carbocycles. The maximum atomic E-state index is 11.9. The summed E-state index contributed by atoms with van der Waals surface area (Å²) >= 11 is 0. The van der Waals surface area contributed by atoms with Gasteiger partial charge in [-0.2, -0.15) is 0 Å². The second kappa shape index (κ2) is 7.62. The number of carbonyl (C=O) groups excluding carboxylic acids is 3. The number of hydrogen-bond donors (Lipinski definition) is 3. The minimum absolute atomic E-state index is 0.204. The van der Waals surface area contributed by atoms with E-state index in [4.69, 9.17) is 4.74 Å². The number of anilines is 1. The summed E-state index contributed by atoms with van der Waals surface area (Å²) in [5.74, 6) is -0.978. The molecule has 0 spiro atoms. The molecule has 7 nitrogen and oxygen atoms in total. The lowest BCUT2D eigenvalue weighted by Gasteiger charge is -2.17. The van der Waals surface area contributed by atoms with Crippen LogP contribution in [-0.2, 0) is 14.3 Å². The van der Waals surface area contributed by atoms with Crippen molar-refractivity contribution in [3.8, 4) is 0 Å². The number of urea groups is 1. The first-order valence-corrected chi connectivity index (χ1v) is 7.59. The van der Waals surface area contributed by atoms with Crippen LogP contribution in [0.5, 0.6) is 0 Å². The van der Waals surface area contributed by atoms with Crippen LogP contribution in [-0.4, -0.2) is 36.1 Å². The van der Waals surface area contributed by atoms with Gasteiger partial charge in [-0.3, -0.25) is 4.79 Å². The summed E-state index contributed by atoms with van der Waals surface area (Å²) in [5, 5.41) is 7.83. The van der Waals surface area contributed by atoms with Gasteiger partial charge in [0.2, 0.25) is 0 Å². The van der Waals surface area contributed by atoms with Crippen LogP contribution < -0.4 is 16.0 Å². The molecule has 7 heteroatoms. The van der Waals surface area contributed by atoms with E-state index in [0.29, 0.717) is 5.69 Å². The Morgan fingerprint density at radius 2 is 1.78 bits per heavy atom. The lowest BCUT2D eigenvalue weighted by Crippen LogP contribution is -2.45. The van der Waals surface area contributed by atoms with Gasteiger partial charge in [-0.15, -0.1) is 0 Å². The first-order valence-electron chi connectivity index (χ1n) is 7.59. The molecule has 0 aliphatic heterocycles. The third kappa shape index (κ3) is 5.61. The number of hydrogen-bond acceptors (Lipinski definition) is 4. The van der Waals surface area contributed by atoms with Crippen molar-refractivity contribution in [1.82, 2.24) is 10.6 Å². The van der Waals surface area contributed by atoms with Gasteiger partial charge in [-0.05, 0) is 38.8 Å². The molecule has 0 bridgehead atoms. The molecule has 124 valence electrons. The van der Waals surface area contributed by atoms with Crippen molar-refractivity contribution in [3.05, 3.63) is 30.3 Å². The minimum atomic E-state index is -0.885. The Balaban J connectivity index is 1.75. The summed E-state index contributed by atoms with van der Waals surface area (Å²) < 4.78 is 5.06. The third-order valence-corrected chi connectivity index (χ3v) is 3.32. The molecule has 2 rings (SSSR count). The van der Waals surface area contributed by atoms with Crippen LogP contribution >= 0.6 is 0 Å². The van der Waals surface area contributed by atoms with Crippen molar-refractivity contribution in [2.24, 2.45) is 0 Å². The van der Waals surface area contributed by atoms with E-state index in [1.54, 1.807) is 24.3 Å². The van der Waals surface area contributed by atoms with E-state index < -0.39 is 24.1 Å². The highest BCUT2D eigenvalue weighted by molar-refractivity contribution is 5.93. The molecule has 1 aliphatic rings. The number of esters is 1. The Morgan fingerprint density at radius 1 is 1.13 bits per heavy atom. The van der Waals surface area contributed by atoms with E-state index in [1.807, 2.05) is 6.07 Å². The third-order valence-electron chi connectivity index (χ3n) is 3.32. The molecule has 1 aliphatic carbocycles. The summed E-state index contributed by atoms with van der Waals surface area (Å²) in [5.41, 5.74) is 0.614. The first kappa shape index (κ1) is 16.8. The Bertz CT molecular complexity index is 572. The molecule has 0 heterocycles. The fourth-order valence-electron chi connectivity index (χ4n) is 1.82. The number of para-hydroxylation sites is 1. The minimum Gasteiger partial charge on any atom is -0.451 e. The van der Waals surface area contributed by atoms with Gasteiger partial charge >= 0.3 is 12.0 Å². The summed E-state index contributed by atoms with van der Waals surface area (Å²) in [6.45, 7) is 3.00. The van der Waals surface area contributed by atoms with Gasteiger partial charge in [0.25, 0.3) is 5.91 Å².